The minimum atomic E-state index is -4.42. The number of nitrogens with zero attached hydrogens (tertiary/aromatic N) is 2. The third-order valence-electron chi connectivity index (χ3n) is 1.22. The van der Waals surface area contributed by atoms with E-state index in [9.17, 15) is 13.2 Å². The van der Waals surface area contributed by atoms with E-state index in [0.29, 0.717) is 0 Å². The Labute approximate surface area is 66.8 Å². The molecular weight excluding hydrogens is 169 g/mol. The van der Waals surface area contributed by atoms with E-state index in [1.807, 2.05) is 0 Å². The third-order valence-corrected chi connectivity index (χ3v) is 1.22. The molecular formula is C7H5F3N2. The molecule has 1 aromatic heterocycles. The molecule has 0 aliphatic heterocycles. The van der Waals surface area contributed by atoms with Crippen LogP contribution in [-0.2, 0) is 6.18 Å². The highest BCUT2D eigenvalue weighted by molar-refractivity contribution is 5.45. The molecule has 0 fully saturated rings. The van der Waals surface area contributed by atoms with Crippen molar-refractivity contribution in [2.75, 3.05) is 0 Å². The largest absolute Gasteiger partial charge is 0.433 e. The minimum Gasteiger partial charge on any atom is -0.265 e. The second kappa shape index (κ2) is 2.92. The van der Waals surface area contributed by atoms with Crippen molar-refractivity contribution in [1.29, 1.82) is 0 Å². The molecule has 5 heteroatoms. The van der Waals surface area contributed by atoms with E-state index in [0.717, 1.165) is 12.3 Å². The van der Waals surface area contributed by atoms with Gasteiger partial charge in [0.15, 0.2) is 0 Å². The van der Waals surface area contributed by atoms with Gasteiger partial charge >= 0.3 is 6.18 Å². The summed E-state index contributed by atoms with van der Waals surface area (Å²) in [6, 6.07) is 2.19. The highest BCUT2D eigenvalue weighted by Crippen LogP contribution is 2.29. The number of rotatable bonds is 1. The second-order valence-electron chi connectivity index (χ2n) is 2.06. The van der Waals surface area contributed by atoms with Crippen molar-refractivity contribution >= 4 is 12.4 Å². The van der Waals surface area contributed by atoms with Crippen molar-refractivity contribution in [3.63, 3.8) is 0 Å². The molecule has 0 amide bonds. The first-order valence-corrected chi connectivity index (χ1v) is 3.04. The van der Waals surface area contributed by atoms with Crippen LogP contribution in [0.3, 0.4) is 0 Å². The monoisotopic (exact) mass is 174 g/mol. The first-order valence-electron chi connectivity index (χ1n) is 3.04. The summed E-state index contributed by atoms with van der Waals surface area (Å²) in [4.78, 5) is 6.50. The average molecular weight is 174 g/mol. The van der Waals surface area contributed by atoms with Crippen LogP contribution < -0.4 is 0 Å². The number of alkyl halides is 3. The van der Waals surface area contributed by atoms with Gasteiger partial charge in [0.25, 0.3) is 0 Å². The molecule has 0 N–H and O–H groups in total. The van der Waals surface area contributed by atoms with Gasteiger partial charge in [-0.05, 0) is 18.9 Å². The molecule has 0 aliphatic carbocycles. The van der Waals surface area contributed by atoms with Gasteiger partial charge in [-0.25, -0.2) is 0 Å². The van der Waals surface area contributed by atoms with Crippen LogP contribution in [0, 0.1) is 0 Å². The zero-order valence-corrected chi connectivity index (χ0v) is 5.97. The van der Waals surface area contributed by atoms with Crippen molar-refractivity contribution < 1.29 is 13.2 Å². The Balaban J connectivity index is 3.10. The zero-order valence-electron chi connectivity index (χ0n) is 5.97. The minimum absolute atomic E-state index is 0.164. The number of halogens is 3. The highest BCUT2D eigenvalue weighted by Gasteiger charge is 2.32. The number of hydrogen-bond acceptors (Lipinski definition) is 2. The molecule has 0 spiro atoms. The van der Waals surface area contributed by atoms with Crippen LogP contribution in [0.15, 0.2) is 23.3 Å². The van der Waals surface area contributed by atoms with Gasteiger partial charge in [0, 0.05) is 6.20 Å². The average Bonchev–Trinajstić information content (AvgIpc) is 2.03. The maximum atomic E-state index is 12.0. The number of hydrogen-bond donors (Lipinski definition) is 0. The Hall–Kier alpha value is -1.39. The molecule has 2 nitrogen and oxygen atoms in total. The summed E-state index contributed by atoms with van der Waals surface area (Å²) in [6.45, 7) is 3.11. The molecule has 1 rings (SSSR count). The van der Waals surface area contributed by atoms with Gasteiger partial charge in [-0.3, -0.25) is 9.98 Å². The van der Waals surface area contributed by atoms with E-state index < -0.39 is 11.9 Å². The molecule has 12 heavy (non-hydrogen) atoms. The zero-order chi connectivity index (χ0) is 9.19. The predicted octanol–water partition coefficient (Wildman–Crippen LogP) is 2.43. The Kier molecular flexibility index (Phi) is 2.12. The predicted molar refractivity (Wildman–Crippen MR) is 38.4 cm³/mol. The Morgan fingerprint density at radius 1 is 1.42 bits per heavy atom. The molecule has 1 aromatic rings. The molecule has 0 aromatic carbocycles. The molecule has 0 bridgehead atoms. The number of aliphatic imine (C=N–C) groups is 1. The van der Waals surface area contributed by atoms with Crippen LogP contribution in [0.5, 0.6) is 0 Å². The Morgan fingerprint density at radius 3 is 2.58 bits per heavy atom. The van der Waals surface area contributed by atoms with Gasteiger partial charge in [0.1, 0.15) is 5.69 Å². The van der Waals surface area contributed by atoms with Crippen molar-refractivity contribution in [2.24, 2.45) is 4.99 Å². The van der Waals surface area contributed by atoms with E-state index in [1.165, 1.54) is 6.07 Å². The molecule has 0 saturated heterocycles. The van der Waals surface area contributed by atoms with Gasteiger partial charge in [-0.1, -0.05) is 0 Å². The fraction of sp³-hybridized carbons (Fsp3) is 0.143. The number of pyridine rings is 1. The molecule has 0 saturated carbocycles. The van der Waals surface area contributed by atoms with Crippen LogP contribution in [-0.4, -0.2) is 11.7 Å². The maximum absolute atomic E-state index is 12.0. The van der Waals surface area contributed by atoms with E-state index in [2.05, 4.69) is 16.7 Å². The maximum Gasteiger partial charge on any atom is 0.433 e. The summed E-state index contributed by atoms with van der Waals surface area (Å²) in [7, 11) is 0. The molecule has 0 aliphatic rings. The first kappa shape index (κ1) is 8.70. The van der Waals surface area contributed by atoms with Gasteiger partial charge in [0.05, 0.1) is 5.69 Å². The normalized spacial score (nSPS) is 11.2. The van der Waals surface area contributed by atoms with Crippen LogP contribution in [0.4, 0.5) is 18.9 Å². The lowest BCUT2D eigenvalue weighted by Gasteiger charge is -2.04. The summed E-state index contributed by atoms with van der Waals surface area (Å²) in [5.41, 5.74) is -0.787. The third kappa shape index (κ3) is 1.81. The summed E-state index contributed by atoms with van der Waals surface area (Å²) < 4.78 is 35.9. The smallest absolute Gasteiger partial charge is 0.265 e. The highest BCUT2D eigenvalue weighted by atomic mass is 19.4. The van der Waals surface area contributed by atoms with Gasteiger partial charge in [-0.2, -0.15) is 13.2 Å². The van der Waals surface area contributed by atoms with Gasteiger partial charge in [-0.15, -0.1) is 0 Å². The Bertz CT molecular complexity index is 293. The fourth-order valence-electron chi connectivity index (χ4n) is 0.673. The summed E-state index contributed by atoms with van der Waals surface area (Å²) in [6.07, 6.45) is -3.37. The second-order valence-corrected chi connectivity index (χ2v) is 2.06. The van der Waals surface area contributed by atoms with Gasteiger partial charge in [0.2, 0.25) is 0 Å². The van der Waals surface area contributed by atoms with Crippen LogP contribution >= 0.6 is 0 Å². The first-order chi connectivity index (χ1) is 5.54. The van der Waals surface area contributed by atoms with E-state index in [1.54, 1.807) is 0 Å². The van der Waals surface area contributed by atoms with Crippen molar-refractivity contribution in [3.05, 3.63) is 24.0 Å². The lowest BCUT2D eigenvalue weighted by atomic mass is 10.3. The SMILES string of the molecule is C=Nc1ccnc(C(F)(F)F)c1. The summed E-state index contributed by atoms with van der Waals surface area (Å²) in [5, 5.41) is 0. The van der Waals surface area contributed by atoms with E-state index in [-0.39, 0.29) is 5.69 Å². The quantitative estimate of drug-likeness (QED) is 0.600. The summed E-state index contributed by atoms with van der Waals surface area (Å²) in [5.74, 6) is 0. The van der Waals surface area contributed by atoms with E-state index in [4.69, 9.17) is 0 Å². The molecule has 64 valence electrons. The molecule has 0 radical (unpaired) electrons. The molecule has 0 unspecified atom stereocenters. The van der Waals surface area contributed by atoms with Crippen LogP contribution in [0.25, 0.3) is 0 Å². The number of aromatic nitrogens is 1. The van der Waals surface area contributed by atoms with Crippen molar-refractivity contribution in [3.8, 4) is 0 Å². The van der Waals surface area contributed by atoms with E-state index >= 15 is 0 Å². The topological polar surface area (TPSA) is 25.2 Å². The molecule has 1 heterocycles. The Morgan fingerprint density at radius 2 is 2.08 bits per heavy atom. The lowest BCUT2D eigenvalue weighted by Crippen LogP contribution is -2.06. The standard InChI is InChI=1S/C7H5F3N2/c1-11-5-2-3-12-6(4-5)7(8,9)10/h2-4H,1H2. The summed E-state index contributed by atoms with van der Waals surface area (Å²) >= 11 is 0. The van der Waals surface area contributed by atoms with Crippen molar-refractivity contribution in [2.45, 2.75) is 6.18 Å². The fourth-order valence-corrected chi connectivity index (χ4v) is 0.673. The molecule has 0 atom stereocenters. The van der Waals surface area contributed by atoms with Gasteiger partial charge < -0.3 is 0 Å². The van der Waals surface area contributed by atoms with Crippen LogP contribution in [0.2, 0.25) is 0 Å². The lowest BCUT2D eigenvalue weighted by molar-refractivity contribution is -0.141. The van der Waals surface area contributed by atoms with Crippen LogP contribution in [0.1, 0.15) is 5.69 Å². The van der Waals surface area contributed by atoms with Crippen molar-refractivity contribution in [1.82, 2.24) is 4.98 Å².